The van der Waals surface area contributed by atoms with E-state index in [1.807, 2.05) is 6.92 Å². The average molecular weight is 175 g/mol. The van der Waals surface area contributed by atoms with Crippen LogP contribution in [0.25, 0.3) is 0 Å². The number of carboxylic acid groups (broad SMARTS) is 1. The molecule has 1 saturated heterocycles. The predicted molar refractivity (Wildman–Crippen MR) is 42.8 cm³/mol. The monoisotopic (exact) mass is 175 g/mol. The van der Waals surface area contributed by atoms with Gasteiger partial charge in [-0.1, -0.05) is 6.92 Å². The quantitative estimate of drug-likeness (QED) is 0.692. The lowest BCUT2D eigenvalue weighted by Gasteiger charge is -2.21. The molecule has 1 aliphatic rings. The van der Waals surface area contributed by atoms with Crippen LogP contribution in [0.2, 0.25) is 0 Å². The average Bonchev–Trinajstić information content (AvgIpc) is 2.37. The third kappa shape index (κ3) is 1.94. The fraction of sp³-hybridized carbons (Fsp3) is 0.875. The van der Waals surface area contributed by atoms with Gasteiger partial charge in [-0.05, 0) is 12.8 Å². The Kier molecular flexibility index (Phi) is 3.03. The maximum atomic E-state index is 12.7. The number of aliphatic carboxylic acids is 1. The van der Waals surface area contributed by atoms with Crippen LogP contribution in [0.5, 0.6) is 0 Å². The van der Waals surface area contributed by atoms with Crippen LogP contribution >= 0.6 is 0 Å². The highest BCUT2D eigenvalue weighted by Gasteiger charge is 2.30. The van der Waals surface area contributed by atoms with Crippen LogP contribution in [0.3, 0.4) is 0 Å². The molecule has 0 radical (unpaired) electrons. The van der Waals surface area contributed by atoms with E-state index >= 15 is 0 Å². The molecule has 12 heavy (non-hydrogen) atoms. The lowest BCUT2D eigenvalue weighted by molar-refractivity contribution is -0.143. The summed E-state index contributed by atoms with van der Waals surface area (Å²) in [5.74, 6) is -0.841. The minimum absolute atomic E-state index is 0.283. The summed E-state index contributed by atoms with van der Waals surface area (Å²) < 4.78 is 12.7. The van der Waals surface area contributed by atoms with Crippen LogP contribution < -0.4 is 0 Å². The first kappa shape index (κ1) is 9.45. The van der Waals surface area contributed by atoms with Gasteiger partial charge < -0.3 is 5.11 Å². The zero-order chi connectivity index (χ0) is 9.14. The van der Waals surface area contributed by atoms with Crippen molar-refractivity contribution in [3.05, 3.63) is 0 Å². The summed E-state index contributed by atoms with van der Waals surface area (Å²) in [5.41, 5.74) is 0. The Morgan fingerprint density at radius 2 is 2.50 bits per heavy atom. The summed E-state index contributed by atoms with van der Waals surface area (Å²) >= 11 is 0. The minimum Gasteiger partial charge on any atom is -0.480 e. The molecule has 1 N–H and O–H groups in total. The SMILES string of the molecule is CC[C@H](C(=O)O)N1CC[C@@H](F)C1. The van der Waals surface area contributed by atoms with Crippen molar-refractivity contribution in [1.82, 2.24) is 4.90 Å². The first-order chi connectivity index (χ1) is 5.65. The van der Waals surface area contributed by atoms with Crippen molar-refractivity contribution in [2.75, 3.05) is 13.1 Å². The zero-order valence-corrected chi connectivity index (χ0v) is 7.16. The number of carbonyl (C=O) groups is 1. The molecule has 0 aliphatic carbocycles. The second kappa shape index (κ2) is 3.85. The number of nitrogens with zero attached hydrogens (tertiary/aromatic N) is 1. The Morgan fingerprint density at radius 3 is 2.83 bits per heavy atom. The molecule has 3 nitrogen and oxygen atoms in total. The Morgan fingerprint density at radius 1 is 1.83 bits per heavy atom. The van der Waals surface area contributed by atoms with Crippen molar-refractivity contribution >= 4 is 5.97 Å². The summed E-state index contributed by atoms with van der Waals surface area (Å²) in [6, 6.07) is -0.495. The molecule has 0 spiro atoms. The molecule has 1 heterocycles. The minimum atomic E-state index is -0.841. The molecule has 0 unspecified atom stereocenters. The van der Waals surface area contributed by atoms with Crippen molar-refractivity contribution in [1.29, 1.82) is 0 Å². The Balaban J connectivity index is 2.49. The molecular weight excluding hydrogens is 161 g/mol. The highest BCUT2D eigenvalue weighted by Crippen LogP contribution is 2.16. The molecule has 1 fully saturated rings. The lowest BCUT2D eigenvalue weighted by Crippen LogP contribution is -2.39. The maximum Gasteiger partial charge on any atom is 0.320 e. The Bertz CT molecular complexity index is 174. The molecular formula is C8H14FNO2. The third-order valence-corrected chi connectivity index (χ3v) is 2.27. The van der Waals surface area contributed by atoms with Gasteiger partial charge in [0.25, 0.3) is 0 Å². The number of likely N-dealkylation sites (tertiary alicyclic amines) is 1. The van der Waals surface area contributed by atoms with E-state index in [9.17, 15) is 9.18 Å². The maximum absolute atomic E-state index is 12.7. The highest BCUT2D eigenvalue weighted by molar-refractivity contribution is 5.73. The van der Waals surface area contributed by atoms with E-state index in [-0.39, 0.29) is 6.54 Å². The molecule has 70 valence electrons. The molecule has 0 saturated carbocycles. The van der Waals surface area contributed by atoms with Gasteiger partial charge >= 0.3 is 5.97 Å². The van der Waals surface area contributed by atoms with Crippen molar-refractivity contribution in [3.8, 4) is 0 Å². The highest BCUT2D eigenvalue weighted by atomic mass is 19.1. The van der Waals surface area contributed by atoms with Gasteiger partial charge in [0.1, 0.15) is 12.2 Å². The normalized spacial score (nSPS) is 27.3. The van der Waals surface area contributed by atoms with Crippen LogP contribution in [-0.4, -0.2) is 41.3 Å². The number of hydrogen-bond donors (Lipinski definition) is 1. The molecule has 1 aliphatic heterocycles. The number of halogens is 1. The lowest BCUT2D eigenvalue weighted by atomic mass is 10.2. The van der Waals surface area contributed by atoms with Gasteiger partial charge in [-0.2, -0.15) is 0 Å². The fourth-order valence-corrected chi connectivity index (χ4v) is 1.62. The Hall–Kier alpha value is -0.640. The van der Waals surface area contributed by atoms with Crippen LogP contribution in [-0.2, 0) is 4.79 Å². The van der Waals surface area contributed by atoms with Gasteiger partial charge in [-0.3, -0.25) is 9.69 Å². The fourth-order valence-electron chi connectivity index (χ4n) is 1.62. The van der Waals surface area contributed by atoms with Crippen molar-refractivity contribution in [3.63, 3.8) is 0 Å². The van der Waals surface area contributed by atoms with Crippen molar-refractivity contribution in [2.24, 2.45) is 0 Å². The van der Waals surface area contributed by atoms with Crippen LogP contribution in [0, 0.1) is 0 Å². The van der Waals surface area contributed by atoms with E-state index < -0.39 is 18.2 Å². The van der Waals surface area contributed by atoms with E-state index in [0.717, 1.165) is 0 Å². The first-order valence-corrected chi connectivity index (χ1v) is 4.26. The van der Waals surface area contributed by atoms with Gasteiger partial charge in [0, 0.05) is 13.1 Å². The number of carboxylic acids is 1. The van der Waals surface area contributed by atoms with Crippen LogP contribution in [0.1, 0.15) is 19.8 Å². The summed E-state index contributed by atoms with van der Waals surface area (Å²) in [7, 11) is 0. The van der Waals surface area contributed by atoms with Crippen LogP contribution in [0.15, 0.2) is 0 Å². The second-order valence-corrected chi connectivity index (χ2v) is 3.14. The zero-order valence-electron chi connectivity index (χ0n) is 7.16. The van der Waals surface area contributed by atoms with E-state index in [4.69, 9.17) is 5.11 Å². The second-order valence-electron chi connectivity index (χ2n) is 3.14. The third-order valence-electron chi connectivity index (χ3n) is 2.27. The predicted octanol–water partition coefficient (Wildman–Crippen LogP) is 0.893. The van der Waals surface area contributed by atoms with Gasteiger partial charge in [0.05, 0.1) is 0 Å². The topological polar surface area (TPSA) is 40.5 Å². The molecule has 4 heteroatoms. The standard InChI is InChI=1S/C8H14FNO2/c1-2-7(8(11)12)10-4-3-6(9)5-10/h6-7H,2-5H2,1H3,(H,11,12)/t6-,7-/m1/s1. The molecule has 0 amide bonds. The molecule has 2 atom stereocenters. The summed E-state index contributed by atoms with van der Waals surface area (Å²) in [6.07, 6.45) is 0.185. The van der Waals surface area contributed by atoms with Crippen molar-refractivity contribution in [2.45, 2.75) is 32.0 Å². The molecule has 0 aromatic rings. The number of rotatable bonds is 3. The summed E-state index contributed by atoms with van der Waals surface area (Å²) in [5, 5.41) is 8.76. The molecule has 0 bridgehead atoms. The van der Waals surface area contributed by atoms with E-state index in [1.165, 1.54) is 0 Å². The van der Waals surface area contributed by atoms with E-state index in [0.29, 0.717) is 19.4 Å². The van der Waals surface area contributed by atoms with Gasteiger partial charge in [-0.15, -0.1) is 0 Å². The first-order valence-electron chi connectivity index (χ1n) is 4.26. The summed E-state index contributed by atoms with van der Waals surface area (Å²) in [6.45, 7) is 2.67. The molecule has 1 rings (SSSR count). The van der Waals surface area contributed by atoms with Crippen molar-refractivity contribution < 1.29 is 14.3 Å². The largest absolute Gasteiger partial charge is 0.480 e. The van der Waals surface area contributed by atoms with Crippen LogP contribution in [0.4, 0.5) is 4.39 Å². The van der Waals surface area contributed by atoms with Gasteiger partial charge in [0.2, 0.25) is 0 Å². The molecule has 0 aromatic carbocycles. The van der Waals surface area contributed by atoms with E-state index in [2.05, 4.69) is 0 Å². The van der Waals surface area contributed by atoms with E-state index in [1.54, 1.807) is 4.90 Å². The number of alkyl halides is 1. The van der Waals surface area contributed by atoms with Gasteiger partial charge in [-0.25, -0.2) is 4.39 Å². The summed E-state index contributed by atoms with van der Waals surface area (Å²) in [4.78, 5) is 12.4. The smallest absolute Gasteiger partial charge is 0.320 e. The number of hydrogen-bond acceptors (Lipinski definition) is 2. The Labute approximate surface area is 71.2 Å². The van der Waals surface area contributed by atoms with Gasteiger partial charge in [0.15, 0.2) is 0 Å². The molecule has 0 aromatic heterocycles.